The maximum Gasteiger partial charge on any atom is 0.288 e. The largest absolute Gasteiger partial charge is 0.345 e. The van der Waals surface area contributed by atoms with Crippen molar-refractivity contribution >= 4 is 42.1 Å². The quantitative estimate of drug-likeness (QED) is 0.462. The van der Waals surface area contributed by atoms with Crippen molar-refractivity contribution in [2.45, 2.75) is 55.4 Å². The molecule has 33 heavy (non-hydrogen) atoms. The van der Waals surface area contributed by atoms with Crippen molar-refractivity contribution in [2.24, 2.45) is 5.92 Å². The Labute approximate surface area is 196 Å². The summed E-state index contributed by atoms with van der Waals surface area (Å²) in [5.41, 5.74) is -0.869. The van der Waals surface area contributed by atoms with Crippen molar-refractivity contribution < 1.29 is 13.3 Å². The van der Waals surface area contributed by atoms with E-state index in [4.69, 9.17) is 0 Å². The highest BCUT2D eigenvalue weighted by atomic mass is 32.2. The molecule has 1 spiro atoms. The summed E-state index contributed by atoms with van der Waals surface area (Å²) in [6, 6.07) is 2.25. The molecule has 178 valence electrons. The Balaban J connectivity index is 1.45. The number of nitrogens with zero attached hydrogens (tertiary/aromatic N) is 4. The zero-order chi connectivity index (χ0) is 23.4. The number of fused-ring (bicyclic) bond motifs is 1. The number of anilines is 1. The molecule has 3 aliphatic rings. The smallest absolute Gasteiger partial charge is 0.288 e. The van der Waals surface area contributed by atoms with Crippen LogP contribution >= 0.6 is 11.3 Å². The van der Waals surface area contributed by atoms with E-state index in [1.165, 1.54) is 38.2 Å². The fraction of sp³-hybridized carbons (Fsp3) is 0.636. The van der Waals surface area contributed by atoms with Gasteiger partial charge in [-0.15, -0.1) is 0 Å². The molecule has 2 aromatic rings. The van der Waals surface area contributed by atoms with Gasteiger partial charge in [0.2, 0.25) is 0 Å². The molecule has 2 aliphatic carbocycles. The zero-order valence-electron chi connectivity index (χ0n) is 18.7. The van der Waals surface area contributed by atoms with Gasteiger partial charge in [0.25, 0.3) is 11.2 Å². The number of sulfone groups is 1. The van der Waals surface area contributed by atoms with Gasteiger partial charge in [0, 0.05) is 44.0 Å². The number of piperazine rings is 1. The predicted molar refractivity (Wildman–Crippen MR) is 128 cm³/mol. The second-order valence-electron chi connectivity index (χ2n) is 9.75. The lowest BCUT2D eigenvalue weighted by Gasteiger charge is -2.44. The zero-order valence-corrected chi connectivity index (χ0v) is 20.3. The van der Waals surface area contributed by atoms with Crippen molar-refractivity contribution in [3.63, 3.8) is 0 Å². The second-order valence-corrected chi connectivity index (χ2v) is 12.7. The van der Waals surface area contributed by atoms with Crippen LogP contribution < -0.4 is 10.5 Å². The van der Waals surface area contributed by atoms with Gasteiger partial charge in [0.15, 0.2) is 15.0 Å². The van der Waals surface area contributed by atoms with E-state index in [0.29, 0.717) is 5.13 Å². The molecule has 0 unspecified atom stereocenters. The van der Waals surface area contributed by atoms with Crippen LogP contribution in [0.4, 0.5) is 10.8 Å². The summed E-state index contributed by atoms with van der Waals surface area (Å²) in [6.45, 7) is 3.52. The molecule has 0 bridgehead atoms. The first kappa shape index (κ1) is 22.7. The summed E-state index contributed by atoms with van der Waals surface area (Å²) in [4.78, 5) is 32.6. The monoisotopic (exact) mass is 492 g/mol. The molecule has 0 N–H and O–H groups in total. The Morgan fingerprint density at radius 1 is 1.21 bits per heavy atom. The first-order chi connectivity index (χ1) is 15.7. The number of nitro groups is 1. The van der Waals surface area contributed by atoms with Crippen molar-refractivity contribution in [3.05, 3.63) is 32.6 Å². The van der Waals surface area contributed by atoms with E-state index in [9.17, 15) is 23.3 Å². The molecule has 1 aromatic carbocycles. The number of non-ortho nitro benzene ring substituents is 1. The standard InChI is InChI=1S/C22H28N4O5S2/c1-33(30,31)16-11-17-19(18(12-16)26(28)29)32-21(23-20(17)27)24-9-10-25(22(14-24)7-8-22)13-15-5-3-2-4-6-15/h11-12,15H,2-10,13-14H2,1H3. The lowest BCUT2D eigenvalue weighted by molar-refractivity contribution is -0.383. The number of hydrogen-bond acceptors (Lipinski definition) is 9. The van der Waals surface area contributed by atoms with Gasteiger partial charge < -0.3 is 4.90 Å². The molecule has 0 amide bonds. The number of aromatic nitrogens is 1. The van der Waals surface area contributed by atoms with Crippen LogP contribution in [0.1, 0.15) is 44.9 Å². The van der Waals surface area contributed by atoms with Gasteiger partial charge in [-0.05, 0) is 37.7 Å². The van der Waals surface area contributed by atoms with Crippen LogP contribution in [0, 0.1) is 16.0 Å². The van der Waals surface area contributed by atoms with Crippen molar-refractivity contribution in [2.75, 3.05) is 37.3 Å². The average molecular weight is 493 g/mol. The van der Waals surface area contributed by atoms with E-state index in [1.54, 1.807) is 0 Å². The van der Waals surface area contributed by atoms with E-state index in [1.807, 2.05) is 0 Å². The van der Waals surface area contributed by atoms with Crippen molar-refractivity contribution in [3.8, 4) is 0 Å². The fourth-order valence-corrected chi connectivity index (χ4v) is 7.11. The molecule has 11 heteroatoms. The van der Waals surface area contributed by atoms with Gasteiger partial charge >= 0.3 is 0 Å². The van der Waals surface area contributed by atoms with Crippen LogP contribution in [0.15, 0.2) is 21.8 Å². The van der Waals surface area contributed by atoms with Gasteiger partial charge in [-0.1, -0.05) is 30.6 Å². The van der Waals surface area contributed by atoms with Gasteiger partial charge in [-0.3, -0.25) is 19.8 Å². The van der Waals surface area contributed by atoms with E-state index in [2.05, 4.69) is 14.8 Å². The Morgan fingerprint density at radius 3 is 2.58 bits per heavy atom. The van der Waals surface area contributed by atoms with Crippen LogP contribution in [0.25, 0.3) is 10.1 Å². The Kier molecular flexibility index (Phi) is 5.69. The maximum absolute atomic E-state index is 12.8. The third-order valence-corrected chi connectivity index (χ3v) is 9.64. The normalized spacial score (nSPS) is 21.5. The molecule has 2 saturated carbocycles. The number of benzene rings is 1. The molecular weight excluding hydrogens is 464 g/mol. The minimum atomic E-state index is -3.71. The molecule has 1 aliphatic heterocycles. The first-order valence-corrected chi connectivity index (χ1v) is 14.2. The topological polar surface area (TPSA) is 114 Å². The van der Waals surface area contributed by atoms with Gasteiger partial charge in [0.1, 0.15) is 4.70 Å². The first-order valence-electron chi connectivity index (χ1n) is 11.5. The lowest BCUT2D eigenvalue weighted by atomic mass is 9.88. The minimum Gasteiger partial charge on any atom is -0.345 e. The number of rotatable bonds is 5. The van der Waals surface area contributed by atoms with Gasteiger partial charge in [0.05, 0.1) is 15.2 Å². The predicted octanol–water partition coefficient (Wildman–Crippen LogP) is 3.20. The Hall–Kier alpha value is -2.11. The summed E-state index contributed by atoms with van der Waals surface area (Å²) in [7, 11) is -3.71. The highest BCUT2D eigenvalue weighted by Crippen LogP contribution is 2.46. The van der Waals surface area contributed by atoms with Crippen LogP contribution in [-0.4, -0.2) is 61.2 Å². The Bertz CT molecular complexity index is 1270. The Morgan fingerprint density at radius 2 is 1.94 bits per heavy atom. The molecule has 1 saturated heterocycles. The highest BCUT2D eigenvalue weighted by Gasteiger charge is 2.51. The second kappa shape index (κ2) is 8.28. The molecule has 3 fully saturated rings. The summed E-state index contributed by atoms with van der Waals surface area (Å²) in [5.74, 6) is 0.768. The molecule has 9 nitrogen and oxygen atoms in total. The molecular formula is C22H28N4O5S2. The molecule has 5 rings (SSSR count). The van der Waals surface area contributed by atoms with E-state index in [-0.39, 0.29) is 26.2 Å². The van der Waals surface area contributed by atoms with Crippen LogP contribution in [0.2, 0.25) is 0 Å². The minimum absolute atomic E-state index is 0.0181. The highest BCUT2D eigenvalue weighted by molar-refractivity contribution is 7.90. The number of nitro benzene ring substituents is 1. The molecule has 2 heterocycles. The fourth-order valence-electron chi connectivity index (χ4n) is 5.36. The third-order valence-electron chi connectivity index (χ3n) is 7.39. The number of hydrogen-bond donors (Lipinski definition) is 0. The summed E-state index contributed by atoms with van der Waals surface area (Å²) < 4.78 is 24.1. The molecule has 0 radical (unpaired) electrons. The maximum atomic E-state index is 12.8. The molecule has 0 atom stereocenters. The van der Waals surface area contributed by atoms with E-state index < -0.39 is 20.3 Å². The SMILES string of the molecule is CS(=O)(=O)c1cc([N+](=O)[O-])c2sc(N3CCN(CC4CCCCC4)C4(CC4)C3)nc(=O)c2c1. The summed E-state index contributed by atoms with van der Waals surface area (Å²) in [5, 5.41) is 12.2. The van der Waals surface area contributed by atoms with Gasteiger partial charge in [-0.2, -0.15) is 4.98 Å². The average Bonchev–Trinajstić information content (AvgIpc) is 3.54. The van der Waals surface area contributed by atoms with Crippen LogP contribution in [-0.2, 0) is 9.84 Å². The lowest BCUT2D eigenvalue weighted by Crippen LogP contribution is -2.56. The van der Waals surface area contributed by atoms with Crippen LogP contribution in [0.3, 0.4) is 0 Å². The van der Waals surface area contributed by atoms with Crippen LogP contribution in [0.5, 0.6) is 0 Å². The third kappa shape index (κ3) is 4.38. The van der Waals surface area contributed by atoms with Crippen molar-refractivity contribution in [1.82, 2.24) is 9.88 Å². The van der Waals surface area contributed by atoms with E-state index in [0.717, 1.165) is 68.6 Å². The molecule has 1 aromatic heterocycles. The van der Waals surface area contributed by atoms with Crippen molar-refractivity contribution in [1.29, 1.82) is 0 Å². The summed E-state index contributed by atoms with van der Waals surface area (Å²) >= 11 is 1.11. The van der Waals surface area contributed by atoms with Gasteiger partial charge in [-0.25, -0.2) is 8.42 Å². The summed E-state index contributed by atoms with van der Waals surface area (Å²) in [6.07, 6.45) is 9.83. The van der Waals surface area contributed by atoms with E-state index >= 15 is 0 Å².